The van der Waals surface area contributed by atoms with E-state index in [-0.39, 0.29) is 5.69 Å². The van der Waals surface area contributed by atoms with Gasteiger partial charge in [0.25, 0.3) is 0 Å². The summed E-state index contributed by atoms with van der Waals surface area (Å²) in [5, 5.41) is 2.93. The number of nitrogens with one attached hydrogen (secondary N) is 1. The fraction of sp³-hybridized carbons (Fsp3) is 0.600. The lowest BCUT2D eigenvalue weighted by atomic mass is 10.0. The second-order valence-corrected chi connectivity index (χ2v) is 6.32. The lowest BCUT2D eigenvalue weighted by molar-refractivity contribution is -0.137. The predicted octanol–water partition coefficient (Wildman–Crippen LogP) is 5.85. The fourth-order valence-corrected chi connectivity index (χ4v) is 3.18. The van der Waals surface area contributed by atoms with Crippen molar-refractivity contribution in [1.29, 1.82) is 0 Å². The summed E-state index contributed by atoms with van der Waals surface area (Å²) in [4.78, 5) is 0. The van der Waals surface area contributed by atoms with E-state index >= 15 is 0 Å². The van der Waals surface area contributed by atoms with Gasteiger partial charge < -0.3 is 5.32 Å². The van der Waals surface area contributed by atoms with Crippen LogP contribution in [-0.4, -0.2) is 6.54 Å². The highest BCUT2D eigenvalue weighted by atomic mass is 79.9. The molecule has 0 amide bonds. The van der Waals surface area contributed by atoms with E-state index in [1.54, 1.807) is 0 Å². The van der Waals surface area contributed by atoms with Crippen LogP contribution in [0.4, 0.5) is 18.9 Å². The maximum Gasteiger partial charge on any atom is 0.418 e. The monoisotopic (exact) mass is 349 g/mol. The Morgan fingerprint density at radius 1 is 1.20 bits per heavy atom. The van der Waals surface area contributed by atoms with Crippen LogP contribution in [0.15, 0.2) is 22.7 Å². The zero-order valence-corrected chi connectivity index (χ0v) is 12.9. The lowest BCUT2D eigenvalue weighted by Crippen LogP contribution is -2.12. The quantitative estimate of drug-likeness (QED) is 0.657. The Morgan fingerprint density at radius 3 is 2.55 bits per heavy atom. The highest BCUT2D eigenvalue weighted by Gasteiger charge is 2.33. The smallest absolute Gasteiger partial charge is 0.385 e. The highest BCUT2D eigenvalue weighted by Crippen LogP contribution is 2.36. The number of benzene rings is 1. The molecule has 2 rings (SSSR count). The molecular weight excluding hydrogens is 331 g/mol. The first-order valence-corrected chi connectivity index (χ1v) is 7.87. The van der Waals surface area contributed by atoms with Gasteiger partial charge in [0.2, 0.25) is 0 Å². The highest BCUT2D eigenvalue weighted by molar-refractivity contribution is 9.10. The van der Waals surface area contributed by atoms with Gasteiger partial charge in [0.15, 0.2) is 0 Å². The van der Waals surface area contributed by atoms with E-state index in [9.17, 15) is 13.2 Å². The van der Waals surface area contributed by atoms with Gasteiger partial charge in [-0.3, -0.25) is 0 Å². The van der Waals surface area contributed by atoms with Crippen molar-refractivity contribution in [3.05, 3.63) is 28.2 Å². The Morgan fingerprint density at radius 2 is 1.90 bits per heavy atom. The Labute approximate surface area is 126 Å². The average molecular weight is 350 g/mol. The molecule has 1 fully saturated rings. The summed E-state index contributed by atoms with van der Waals surface area (Å²) in [5.41, 5.74) is -0.431. The molecule has 0 bridgehead atoms. The maximum atomic E-state index is 12.9. The van der Waals surface area contributed by atoms with Crippen LogP contribution < -0.4 is 5.32 Å². The average Bonchev–Trinajstić information content (AvgIpc) is 2.86. The molecule has 0 unspecified atom stereocenters. The van der Waals surface area contributed by atoms with Crippen LogP contribution in [0.25, 0.3) is 0 Å². The predicted molar refractivity (Wildman–Crippen MR) is 78.8 cm³/mol. The fourth-order valence-electron chi connectivity index (χ4n) is 2.82. The third-order valence-corrected chi connectivity index (χ3v) is 4.36. The van der Waals surface area contributed by atoms with Gasteiger partial charge in [-0.05, 0) is 37.0 Å². The summed E-state index contributed by atoms with van der Waals surface area (Å²) >= 11 is 3.22. The molecule has 1 aromatic rings. The zero-order valence-electron chi connectivity index (χ0n) is 11.3. The van der Waals surface area contributed by atoms with Crippen LogP contribution in [0.1, 0.15) is 44.1 Å². The molecule has 5 heteroatoms. The van der Waals surface area contributed by atoms with Gasteiger partial charge in [-0.25, -0.2) is 0 Å². The number of halogens is 4. The van der Waals surface area contributed by atoms with E-state index in [1.807, 2.05) is 0 Å². The molecule has 0 radical (unpaired) electrons. The molecule has 112 valence electrons. The van der Waals surface area contributed by atoms with Crippen molar-refractivity contribution < 1.29 is 13.2 Å². The largest absolute Gasteiger partial charge is 0.418 e. The molecule has 0 heterocycles. The maximum absolute atomic E-state index is 12.9. The van der Waals surface area contributed by atoms with Crippen LogP contribution in [0.3, 0.4) is 0 Å². The minimum absolute atomic E-state index is 0.165. The van der Waals surface area contributed by atoms with Crippen LogP contribution in [0, 0.1) is 5.92 Å². The molecule has 20 heavy (non-hydrogen) atoms. The van der Waals surface area contributed by atoms with Crippen LogP contribution >= 0.6 is 15.9 Å². The van der Waals surface area contributed by atoms with E-state index in [0.29, 0.717) is 11.0 Å². The number of rotatable bonds is 5. The molecule has 1 N–H and O–H groups in total. The third kappa shape index (κ3) is 4.40. The summed E-state index contributed by atoms with van der Waals surface area (Å²) < 4.78 is 39.3. The number of hydrogen-bond donors (Lipinski definition) is 1. The molecule has 0 saturated heterocycles. The van der Waals surface area contributed by atoms with Crippen molar-refractivity contribution in [3.63, 3.8) is 0 Å². The van der Waals surface area contributed by atoms with Gasteiger partial charge in [-0.15, -0.1) is 0 Å². The van der Waals surface area contributed by atoms with Crippen LogP contribution in [0.5, 0.6) is 0 Å². The van der Waals surface area contributed by atoms with Crippen molar-refractivity contribution in [1.82, 2.24) is 0 Å². The second kappa shape index (κ2) is 6.83. The standard InChI is InChI=1S/C15H19BrF3N/c16-12-7-8-13(15(17,18)19)14(10-12)20-9-3-6-11-4-1-2-5-11/h7-8,10-11,20H,1-6,9H2. The normalized spacial score (nSPS) is 16.6. The van der Waals surface area contributed by atoms with Gasteiger partial charge in [0.05, 0.1) is 5.56 Å². The van der Waals surface area contributed by atoms with Gasteiger partial charge in [0.1, 0.15) is 0 Å². The van der Waals surface area contributed by atoms with Crippen molar-refractivity contribution in [2.24, 2.45) is 5.92 Å². The summed E-state index contributed by atoms with van der Waals surface area (Å²) in [6.07, 6.45) is 2.91. The third-order valence-electron chi connectivity index (χ3n) is 3.87. The zero-order chi connectivity index (χ0) is 14.6. The molecule has 1 aliphatic carbocycles. The molecule has 0 spiro atoms. The van der Waals surface area contributed by atoms with Crippen molar-refractivity contribution >= 4 is 21.6 Å². The molecule has 1 nitrogen and oxygen atoms in total. The minimum Gasteiger partial charge on any atom is -0.385 e. The summed E-state index contributed by atoms with van der Waals surface area (Å²) in [5.74, 6) is 0.779. The molecule has 0 aromatic heterocycles. The van der Waals surface area contributed by atoms with Gasteiger partial charge in [0, 0.05) is 16.7 Å². The van der Waals surface area contributed by atoms with Gasteiger partial charge in [-0.1, -0.05) is 41.6 Å². The van der Waals surface area contributed by atoms with E-state index in [1.165, 1.54) is 37.8 Å². The van der Waals surface area contributed by atoms with E-state index in [4.69, 9.17) is 0 Å². The Kier molecular flexibility index (Phi) is 5.35. The van der Waals surface area contributed by atoms with Crippen molar-refractivity contribution in [3.8, 4) is 0 Å². The molecular formula is C15H19BrF3N. The SMILES string of the molecule is FC(F)(F)c1ccc(Br)cc1NCCCC1CCCC1. The van der Waals surface area contributed by atoms with Gasteiger partial charge in [-0.2, -0.15) is 13.2 Å². The Bertz CT molecular complexity index is 439. The lowest BCUT2D eigenvalue weighted by Gasteiger charge is -2.15. The van der Waals surface area contributed by atoms with E-state index in [0.717, 1.165) is 24.8 Å². The Hall–Kier alpha value is -0.710. The second-order valence-electron chi connectivity index (χ2n) is 5.41. The summed E-state index contributed by atoms with van der Waals surface area (Å²) in [7, 11) is 0. The van der Waals surface area contributed by atoms with Crippen molar-refractivity contribution in [2.75, 3.05) is 11.9 Å². The van der Waals surface area contributed by atoms with Crippen molar-refractivity contribution in [2.45, 2.75) is 44.7 Å². The van der Waals surface area contributed by atoms with E-state index < -0.39 is 11.7 Å². The number of hydrogen-bond acceptors (Lipinski definition) is 1. The first kappa shape index (κ1) is 15.7. The van der Waals surface area contributed by atoms with E-state index in [2.05, 4.69) is 21.2 Å². The summed E-state index contributed by atoms with van der Waals surface area (Å²) in [6, 6.07) is 4.04. The molecule has 0 aliphatic heterocycles. The number of alkyl halides is 3. The summed E-state index contributed by atoms with van der Waals surface area (Å²) in [6.45, 7) is 0.593. The first-order chi connectivity index (χ1) is 9.47. The Balaban J connectivity index is 1.89. The molecule has 1 saturated carbocycles. The molecule has 0 atom stereocenters. The van der Waals surface area contributed by atoms with Crippen LogP contribution in [0.2, 0.25) is 0 Å². The topological polar surface area (TPSA) is 12.0 Å². The molecule has 1 aliphatic rings. The number of anilines is 1. The molecule has 1 aromatic carbocycles. The minimum atomic E-state index is -4.31. The van der Waals surface area contributed by atoms with Gasteiger partial charge >= 0.3 is 6.18 Å². The van der Waals surface area contributed by atoms with Crippen LogP contribution in [-0.2, 0) is 6.18 Å². The first-order valence-electron chi connectivity index (χ1n) is 7.07.